The molecule has 7 heteroatoms. The van der Waals surface area contributed by atoms with Crippen molar-refractivity contribution in [2.24, 2.45) is 5.10 Å². The monoisotopic (exact) mass is 340 g/mol. The average Bonchev–Trinajstić information content (AvgIpc) is 3.04. The summed E-state index contributed by atoms with van der Waals surface area (Å²) in [5.41, 5.74) is 5.41. The van der Waals surface area contributed by atoms with Crippen molar-refractivity contribution in [1.29, 1.82) is 0 Å². The van der Waals surface area contributed by atoms with E-state index in [1.807, 2.05) is 47.2 Å². The zero-order valence-corrected chi connectivity index (χ0v) is 13.2. The minimum absolute atomic E-state index is 0.0427. The molecule has 0 amide bonds. The molecule has 0 aliphatic heterocycles. The topological polar surface area (TPSA) is 72.5 Å². The smallest absolute Gasteiger partial charge is 0.269 e. The molecule has 0 bridgehead atoms. The van der Waals surface area contributed by atoms with Crippen molar-refractivity contribution >= 4 is 29.2 Å². The third kappa shape index (κ3) is 3.61. The number of aromatic nitrogens is 1. The summed E-state index contributed by atoms with van der Waals surface area (Å²) in [6.45, 7) is 0. The van der Waals surface area contributed by atoms with Crippen LogP contribution in [0.2, 0.25) is 5.02 Å². The minimum Gasteiger partial charge on any atom is -0.316 e. The van der Waals surface area contributed by atoms with E-state index in [2.05, 4.69) is 10.5 Å². The summed E-state index contributed by atoms with van der Waals surface area (Å²) in [6.07, 6.45) is 3.60. The zero-order chi connectivity index (χ0) is 16.9. The third-order valence-electron chi connectivity index (χ3n) is 3.35. The standard InChI is InChI=1S/C17H13ClN4O2/c18-13-3-7-15(8-4-13)21-11-1-2-17(21)12-19-20-14-5-9-16(10-6-14)22(23)24/h1-12,20H/b19-12-. The molecule has 3 aromatic rings. The number of halogens is 1. The Morgan fingerprint density at radius 2 is 1.79 bits per heavy atom. The summed E-state index contributed by atoms with van der Waals surface area (Å²) in [4.78, 5) is 10.2. The Hall–Kier alpha value is -3.12. The largest absolute Gasteiger partial charge is 0.316 e. The number of non-ortho nitro benzene ring substituents is 1. The molecule has 1 N–H and O–H groups in total. The molecule has 0 atom stereocenters. The molecule has 0 radical (unpaired) electrons. The first-order chi connectivity index (χ1) is 11.6. The lowest BCUT2D eigenvalue weighted by atomic mass is 10.3. The van der Waals surface area contributed by atoms with Gasteiger partial charge in [0.25, 0.3) is 5.69 Å². The lowest BCUT2D eigenvalue weighted by Gasteiger charge is -2.06. The first-order valence-corrected chi connectivity index (χ1v) is 7.48. The van der Waals surface area contributed by atoms with Gasteiger partial charge in [-0.15, -0.1) is 0 Å². The van der Waals surface area contributed by atoms with Gasteiger partial charge in [0.2, 0.25) is 0 Å². The highest BCUT2D eigenvalue weighted by molar-refractivity contribution is 6.30. The number of nitro benzene ring substituents is 1. The van der Waals surface area contributed by atoms with E-state index in [0.717, 1.165) is 11.4 Å². The van der Waals surface area contributed by atoms with Crippen LogP contribution in [-0.4, -0.2) is 15.7 Å². The molecular formula is C17H13ClN4O2. The van der Waals surface area contributed by atoms with Gasteiger partial charge in [0.1, 0.15) is 0 Å². The van der Waals surface area contributed by atoms with E-state index in [0.29, 0.717) is 10.7 Å². The second-order valence-corrected chi connectivity index (χ2v) is 5.39. The van der Waals surface area contributed by atoms with Crippen LogP contribution in [0.3, 0.4) is 0 Å². The number of hydrogen-bond donors (Lipinski definition) is 1. The Morgan fingerprint density at radius 3 is 2.46 bits per heavy atom. The van der Waals surface area contributed by atoms with Crippen LogP contribution in [0, 0.1) is 10.1 Å². The van der Waals surface area contributed by atoms with E-state index in [1.54, 1.807) is 18.3 Å². The fraction of sp³-hybridized carbons (Fsp3) is 0. The molecule has 0 aliphatic rings. The second-order valence-electron chi connectivity index (χ2n) is 4.95. The molecule has 0 saturated carbocycles. The molecule has 2 aromatic carbocycles. The van der Waals surface area contributed by atoms with Crippen LogP contribution in [0.25, 0.3) is 5.69 Å². The van der Waals surface area contributed by atoms with Gasteiger partial charge in [-0.3, -0.25) is 15.5 Å². The number of benzene rings is 2. The number of nitrogens with one attached hydrogen (secondary N) is 1. The number of nitrogens with zero attached hydrogens (tertiary/aromatic N) is 3. The van der Waals surface area contributed by atoms with E-state index >= 15 is 0 Å². The molecule has 1 heterocycles. The van der Waals surface area contributed by atoms with Gasteiger partial charge in [0.15, 0.2) is 0 Å². The molecule has 3 rings (SSSR count). The number of anilines is 1. The molecular weight excluding hydrogens is 328 g/mol. The first kappa shape index (κ1) is 15.8. The van der Waals surface area contributed by atoms with Crippen molar-refractivity contribution in [2.45, 2.75) is 0 Å². The highest BCUT2D eigenvalue weighted by Crippen LogP contribution is 2.17. The van der Waals surface area contributed by atoms with Gasteiger partial charge in [-0.25, -0.2) is 0 Å². The van der Waals surface area contributed by atoms with Crippen LogP contribution in [0.1, 0.15) is 5.69 Å². The Bertz CT molecular complexity index is 870. The van der Waals surface area contributed by atoms with Crippen molar-refractivity contribution in [1.82, 2.24) is 4.57 Å². The summed E-state index contributed by atoms with van der Waals surface area (Å²) in [6, 6.07) is 17.4. The Morgan fingerprint density at radius 1 is 1.08 bits per heavy atom. The fourth-order valence-electron chi connectivity index (χ4n) is 2.17. The predicted molar refractivity (Wildman–Crippen MR) is 95.1 cm³/mol. The predicted octanol–water partition coefficient (Wildman–Crippen LogP) is 4.48. The van der Waals surface area contributed by atoms with Crippen molar-refractivity contribution in [2.75, 3.05) is 5.43 Å². The van der Waals surface area contributed by atoms with Gasteiger partial charge < -0.3 is 4.57 Å². The van der Waals surface area contributed by atoms with Crippen molar-refractivity contribution in [3.05, 3.63) is 87.7 Å². The van der Waals surface area contributed by atoms with Crippen LogP contribution in [0.15, 0.2) is 72.0 Å². The molecule has 120 valence electrons. The van der Waals surface area contributed by atoms with E-state index in [-0.39, 0.29) is 5.69 Å². The SMILES string of the molecule is O=[N+]([O-])c1ccc(N/N=C\c2cccn2-c2ccc(Cl)cc2)cc1. The van der Waals surface area contributed by atoms with Crippen LogP contribution in [-0.2, 0) is 0 Å². The molecule has 0 unspecified atom stereocenters. The maximum atomic E-state index is 10.6. The van der Waals surface area contributed by atoms with Gasteiger partial charge in [0, 0.05) is 29.0 Å². The highest BCUT2D eigenvalue weighted by Gasteiger charge is 2.03. The maximum Gasteiger partial charge on any atom is 0.269 e. The van der Waals surface area contributed by atoms with Crippen LogP contribution in [0.5, 0.6) is 0 Å². The number of nitro groups is 1. The van der Waals surface area contributed by atoms with Gasteiger partial charge in [-0.2, -0.15) is 5.10 Å². The van der Waals surface area contributed by atoms with Crippen LogP contribution < -0.4 is 5.43 Å². The van der Waals surface area contributed by atoms with Crippen molar-refractivity contribution < 1.29 is 4.92 Å². The number of rotatable bonds is 5. The Labute approximate surface area is 143 Å². The molecule has 24 heavy (non-hydrogen) atoms. The number of hydrogen-bond acceptors (Lipinski definition) is 4. The molecule has 1 aromatic heterocycles. The third-order valence-corrected chi connectivity index (χ3v) is 3.61. The maximum absolute atomic E-state index is 10.6. The highest BCUT2D eigenvalue weighted by atomic mass is 35.5. The van der Waals surface area contributed by atoms with E-state index < -0.39 is 4.92 Å². The summed E-state index contributed by atoms with van der Waals surface area (Å²) < 4.78 is 1.97. The normalized spacial score (nSPS) is 10.9. The van der Waals surface area contributed by atoms with Crippen molar-refractivity contribution in [3.8, 4) is 5.69 Å². The van der Waals surface area contributed by atoms with Crippen LogP contribution >= 0.6 is 11.6 Å². The first-order valence-electron chi connectivity index (χ1n) is 7.10. The summed E-state index contributed by atoms with van der Waals surface area (Å²) in [5, 5.41) is 15.5. The lowest BCUT2D eigenvalue weighted by Crippen LogP contribution is -1.99. The molecule has 0 aliphatic carbocycles. The van der Waals surface area contributed by atoms with E-state index in [9.17, 15) is 10.1 Å². The summed E-state index contributed by atoms with van der Waals surface area (Å²) >= 11 is 5.91. The minimum atomic E-state index is -0.438. The Kier molecular flexibility index (Phi) is 4.58. The van der Waals surface area contributed by atoms with Crippen LogP contribution in [0.4, 0.5) is 11.4 Å². The van der Waals surface area contributed by atoms with Gasteiger partial charge >= 0.3 is 0 Å². The van der Waals surface area contributed by atoms with Gasteiger partial charge in [-0.05, 0) is 48.5 Å². The van der Waals surface area contributed by atoms with Gasteiger partial charge in [0.05, 0.1) is 22.5 Å². The lowest BCUT2D eigenvalue weighted by molar-refractivity contribution is -0.384. The molecule has 6 nitrogen and oxygen atoms in total. The van der Waals surface area contributed by atoms with Gasteiger partial charge in [-0.1, -0.05) is 11.6 Å². The molecule has 0 fully saturated rings. The Balaban J connectivity index is 1.72. The second kappa shape index (κ2) is 6.97. The van der Waals surface area contributed by atoms with Crippen molar-refractivity contribution in [3.63, 3.8) is 0 Å². The average molecular weight is 341 g/mol. The fourth-order valence-corrected chi connectivity index (χ4v) is 2.29. The molecule has 0 spiro atoms. The zero-order valence-electron chi connectivity index (χ0n) is 12.5. The summed E-state index contributed by atoms with van der Waals surface area (Å²) in [7, 11) is 0. The molecule has 0 saturated heterocycles. The summed E-state index contributed by atoms with van der Waals surface area (Å²) in [5.74, 6) is 0. The van der Waals surface area contributed by atoms with E-state index in [1.165, 1.54) is 12.1 Å². The number of hydrazone groups is 1. The van der Waals surface area contributed by atoms with E-state index in [4.69, 9.17) is 11.6 Å². The quantitative estimate of drug-likeness (QED) is 0.422.